The standard InChI is InChI=1S/C4H6ClN2O/c1-7(2)4(5)6-3-8/h1-2H3/q+1. The van der Waals surface area contributed by atoms with E-state index in [4.69, 9.17) is 11.6 Å². The van der Waals surface area contributed by atoms with E-state index >= 15 is 0 Å². The minimum atomic E-state index is 0.139. The summed E-state index contributed by atoms with van der Waals surface area (Å²) in [6.07, 6.45) is 1.31. The summed E-state index contributed by atoms with van der Waals surface area (Å²) in [7, 11) is 3.37. The summed E-state index contributed by atoms with van der Waals surface area (Å²) in [6.45, 7) is 0. The lowest BCUT2D eigenvalue weighted by molar-refractivity contribution is 0.563. The van der Waals surface area contributed by atoms with Gasteiger partial charge in [-0.3, -0.25) is 0 Å². The lowest BCUT2D eigenvalue weighted by atomic mass is 10.9. The van der Waals surface area contributed by atoms with Gasteiger partial charge in [0.15, 0.2) is 0 Å². The topological polar surface area (TPSA) is 34.4 Å². The Morgan fingerprint density at radius 2 is 2.25 bits per heavy atom. The summed E-state index contributed by atoms with van der Waals surface area (Å²) in [5.41, 5.74) is 0. The molecular formula is C4H6ClN2O+. The zero-order valence-corrected chi connectivity index (χ0v) is 5.44. The first-order chi connectivity index (χ1) is 3.68. The maximum Gasteiger partial charge on any atom is 0.458 e. The van der Waals surface area contributed by atoms with Crippen molar-refractivity contribution in [3.8, 4) is 0 Å². The first-order valence-electron chi connectivity index (χ1n) is 1.96. The van der Waals surface area contributed by atoms with E-state index in [1.54, 1.807) is 14.1 Å². The van der Waals surface area contributed by atoms with Crippen molar-refractivity contribution in [3.05, 3.63) is 0 Å². The normalized spacial score (nSPS) is 6.88. The molecule has 4 heteroatoms. The molecule has 0 aliphatic rings. The third kappa shape index (κ3) is 2.43. The van der Waals surface area contributed by atoms with Crippen molar-refractivity contribution in [1.29, 1.82) is 0 Å². The van der Waals surface area contributed by atoms with Crippen LogP contribution in [0.4, 0.5) is 0 Å². The second-order valence-electron chi connectivity index (χ2n) is 1.37. The maximum absolute atomic E-state index is 9.50. The molecule has 0 rings (SSSR count). The molecule has 0 aliphatic heterocycles. The van der Waals surface area contributed by atoms with Crippen LogP contribution in [0.2, 0.25) is 0 Å². The molecule has 3 nitrogen and oxygen atoms in total. The van der Waals surface area contributed by atoms with Crippen LogP contribution in [-0.2, 0) is 4.79 Å². The molecule has 0 unspecified atom stereocenters. The van der Waals surface area contributed by atoms with Crippen molar-refractivity contribution in [2.24, 2.45) is 0 Å². The molecule has 0 N–H and O–H groups in total. The van der Waals surface area contributed by atoms with Gasteiger partial charge in [0.05, 0.1) is 14.1 Å². The van der Waals surface area contributed by atoms with Crippen LogP contribution in [0.3, 0.4) is 0 Å². The molecule has 0 aliphatic carbocycles. The lowest BCUT2D eigenvalue weighted by Crippen LogP contribution is -2.17. The van der Waals surface area contributed by atoms with Gasteiger partial charge in [0, 0.05) is 11.6 Å². The van der Waals surface area contributed by atoms with E-state index < -0.39 is 0 Å². The van der Waals surface area contributed by atoms with Gasteiger partial charge in [0.2, 0.25) is 0 Å². The summed E-state index contributed by atoms with van der Waals surface area (Å²) < 4.78 is 3.13. The van der Waals surface area contributed by atoms with Crippen LogP contribution in [0.15, 0.2) is 0 Å². The van der Waals surface area contributed by atoms with Crippen LogP contribution in [-0.4, -0.2) is 30.4 Å². The molecule has 0 spiro atoms. The molecule has 0 bridgehead atoms. The van der Waals surface area contributed by atoms with E-state index in [1.165, 1.54) is 11.0 Å². The fourth-order valence-electron chi connectivity index (χ4n) is 0.138. The molecule has 0 saturated carbocycles. The quantitative estimate of drug-likeness (QED) is 0.147. The number of hydrogen-bond acceptors (Lipinski definition) is 1. The van der Waals surface area contributed by atoms with E-state index in [-0.39, 0.29) is 5.29 Å². The van der Waals surface area contributed by atoms with E-state index in [0.29, 0.717) is 0 Å². The molecule has 0 radical (unpaired) electrons. The van der Waals surface area contributed by atoms with Gasteiger partial charge in [-0.1, -0.05) is 4.67 Å². The monoisotopic (exact) mass is 133 g/mol. The highest BCUT2D eigenvalue weighted by Crippen LogP contribution is 1.79. The summed E-state index contributed by atoms with van der Waals surface area (Å²) in [4.78, 5) is 11.0. The largest absolute Gasteiger partial charge is 0.458 e. The number of rotatable bonds is 0. The smallest absolute Gasteiger partial charge is 0.242 e. The molecule has 0 amide bonds. The Balaban J connectivity index is 4.23. The van der Waals surface area contributed by atoms with Gasteiger partial charge in [-0.05, 0) is 0 Å². The second kappa shape index (κ2) is 3.28. The average molecular weight is 134 g/mol. The summed E-state index contributed by atoms with van der Waals surface area (Å²) in [5.74, 6) is 0. The fourth-order valence-corrected chi connectivity index (χ4v) is 0.172. The highest BCUT2D eigenvalue weighted by Gasteiger charge is 2.04. The Labute approximate surface area is 52.3 Å². The number of carbonyl (C=O) groups excluding carboxylic acids is 1. The van der Waals surface area contributed by atoms with Gasteiger partial charge >= 0.3 is 11.4 Å². The van der Waals surface area contributed by atoms with Crippen LogP contribution in [0.5, 0.6) is 0 Å². The van der Waals surface area contributed by atoms with E-state index in [0.717, 1.165) is 0 Å². The van der Waals surface area contributed by atoms with Crippen molar-refractivity contribution in [3.63, 3.8) is 0 Å². The van der Waals surface area contributed by atoms with Crippen molar-refractivity contribution in [2.75, 3.05) is 14.1 Å². The molecular weight excluding hydrogens is 128 g/mol. The van der Waals surface area contributed by atoms with Crippen LogP contribution in [0, 0.1) is 0 Å². The Kier molecular flexibility index (Phi) is 2.97. The highest BCUT2D eigenvalue weighted by atomic mass is 35.5. The molecule has 0 aromatic heterocycles. The molecule has 0 fully saturated rings. The van der Waals surface area contributed by atoms with E-state index in [1.807, 2.05) is 0 Å². The Morgan fingerprint density at radius 3 is 2.38 bits per heavy atom. The maximum atomic E-state index is 9.50. The Hall–Kier alpha value is -0.750. The third-order valence-electron chi connectivity index (χ3n) is 0.507. The van der Waals surface area contributed by atoms with Gasteiger partial charge in [-0.15, -0.1) is 0 Å². The molecule has 44 valence electrons. The van der Waals surface area contributed by atoms with Gasteiger partial charge in [-0.25, -0.2) is 4.90 Å². The van der Waals surface area contributed by atoms with Crippen molar-refractivity contribution in [2.45, 2.75) is 0 Å². The van der Waals surface area contributed by atoms with Crippen LogP contribution < -0.4 is 4.67 Å². The van der Waals surface area contributed by atoms with Gasteiger partial charge in [-0.2, -0.15) is 4.79 Å². The number of nitrogens with zero attached hydrogens (tertiary/aromatic N) is 2. The Morgan fingerprint density at radius 1 is 1.75 bits per heavy atom. The fraction of sp³-hybridized carbons (Fsp3) is 0.500. The number of amidine groups is 1. The van der Waals surface area contributed by atoms with Gasteiger partial charge in [0.25, 0.3) is 0 Å². The first-order valence-corrected chi connectivity index (χ1v) is 2.34. The molecule has 0 aromatic carbocycles. The summed E-state index contributed by atoms with van der Waals surface area (Å²) in [5, 5.41) is 0.139. The van der Waals surface area contributed by atoms with Crippen LogP contribution >= 0.6 is 11.6 Å². The molecule has 8 heavy (non-hydrogen) atoms. The highest BCUT2D eigenvalue weighted by molar-refractivity contribution is 6.64. The second-order valence-corrected chi connectivity index (χ2v) is 1.70. The third-order valence-corrected chi connectivity index (χ3v) is 0.930. The molecule has 0 atom stereocenters. The number of hydrogen-bond donors (Lipinski definition) is 0. The predicted molar refractivity (Wildman–Crippen MR) is 32.4 cm³/mol. The SMILES string of the molecule is CN(C)C(Cl)=[N+]=C=O. The van der Waals surface area contributed by atoms with Crippen LogP contribution in [0.1, 0.15) is 0 Å². The zero-order chi connectivity index (χ0) is 6.57. The molecule has 0 heterocycles. The van der Waals surface area contributed by atoms with Gasteiger partial charge in [0.1, 0.15) is 0 Å². The van der Waals surface area contributed by atoms with Crippen LogP contribution in [0.25, 0.3) is 0 Å². The molecule has 0 aromatic rings. The Bertz CT molecular complexity index is 153. The average Bonchev–Trinajstić information content (AvgIpc) is 1.67. The zero-order valence-electron chi connectivity index (χ0n) is 4.68. The lowest BCUT2D eigenvalue weighted by Gasteiger charge is -1.90. The van der Waals surface area contributed by atoms with E-state index in [2.05, 4.69) is 4.67 Å². The summed E-state index contributed by atoms with van der Waals surface area (Å²) in [6, 6.07) is 0. The van der Waals surface area contributed by atoms with Crippen molar-refractivity contribution < 1.29 is 4.79 Å². The van der Waals surface area contributed by atoms with E-state index in [9.17, 15) is 4.79 Å². The number of halogens is 1. The minimum Gasteiger partial charge on any atom is -0.242 e. The number of isocyanates is 1. The first kappa shape index (κ1) is 7.25. The van der Waals surface area contributed by atoms with Crippen molar-refractivity contribution in [1.82, 2.24) is 9.57 Å². The van der Waals surface area contributed by atoms with Crippen molar-refractivity contribution >= 4 is 23.0 Å². The minimum absolute atomic E-state index is 0.139. The predicted octanol–water partition coefficient (Wildman–Crippen LogP) is -0.454. The molecule has 0 saturated heterocycles. The summed E-state index contributed by atoms with van der Waals surface area (Å²) >= 11 is 5.33. The van der Waals surface area contributed by atoms with Gasteiger partial charge < -0.3 is 0 Å².